The Kier molecular flexibility index (Phi) is 7.16. The molecule has 2 atom stereocenters. The summed E-state index contributed by atoms with van der Waals surface area (Å²) in [6.45, 7) is 0. The van der Waals surface area contributed by atoms with Crippen molar-refractivity contribution < 1.29 is 22.4 Å². The highest BCUT2D eigenvalue weighted by atomic mass is 28.4. The van der Waals surface area contributed by atoms with Crippen LogP contribution in [0.15, 0.2) is 0 Å². The Morgan fingerprint density at radius 2 is 1.68 bits per heavy atom. The molecule has 114 valence electrons. The predicted octanol–water partition coefficient (Wildman–Crippen LogP) is 2.19. The van der Waals surface area contributed by atoms with E-state index in [4.69, 9.17) is 22.4 Å². The highest BCUT2D eigenvalue weighted by Gasteiger charge is 2.47. The molecular weight excluding hydrogens is 280 g/mol. The van der Waals surface area contributed by atoms with Gasteiger partial charge in [0.25, 0.3) is 0 Å². The molecule has 0 aromatic rings. The number of hydrogen-bond acceptors (Lipinski definition) is 5. The van der Waals surface area contributed by atoms with E-state index in [9.17, 15) is 0 Å². The summed E-state index contributed by atoms with van der Waals surface area (Å²) in [4.78, 5) is 0. The van der Waals surface area contributed by atoms with Crippen molar-refractivity contribution >= 4 is 17.1 Å². The zero-order chi connectivity index (χ0) is 14.4. The molecule has 7 heteroatoms. The van der Waals surface area contributed by atoms with Gasteiger partial charge in [-0.3, -0.25) is 0 Å². The van der Waals surface area contributed by atoms with Crippen molar-refractivity contribution in [1.29, 1.82) is 0 Å². The lowest BCUT2D eigenvalue weighted by Crippen LogP contribution is -2.48. The van der Waals surface area contributed by atoms with E-state index in [2.05, 4.69) is 0 Å². The van der Waals surface area contributed by atoms with Crippen LogP contribution in [0.25, 0.3) is 0 Å². The van der Waals surface area contributed by atoms with Gasteiger partial charge < -0.3 is 22.4 Å². The van der Waals surface area contributed by atoms with Crippen molar-refractivity contribution in [2.75, 3.05) is 35.5 Å². The number of ether oxygens (including phenoxy) is 1. The maximum atomic E-state index is 5.92. The lowest BCUT2D eigenvalue weighted by molar-refractivity contribution is 0.122. The van der Waals surface area contributed by atoms with Crippen molar-refractivity contribution in [2.24, 2.45) is 0 Å². The summed E-state index contributed by atoms with van der Waals surface area (Å²) in [5.74, 6) is 0. The highest BCUT2D eigenvalue weighted by Crippen LogP contribution is 2.37. The Labute approximate surface area is 119 Å². The maximum Gasteiger partial charge on any atom is 0.500 e. The molecule has 1 saturated heterocycles. The molecule has 1 fully saturated rings. The fourth-order valence-electron chi connectivity index (χ4n) is 3.13. The van der Waals surface area contributed by atoms with Crippen LogP contribution in [0.4, 0.5) is 0 Å². The molecule has 19 heavy (non-hydrogen) atoms. The van der Waals surface area contributed by atoms with Crippen molar-refractivity contribution in [3.05, 3.63) is 0 Å². The van der Waals surface area contributed by atoms with E-state index in [1.54, 1.807) is 28.4 Å². The van der Waals surface area contributed by atoms with Gasteiger partial charge in [0.1, 0.15) is 0 Å². The van der Waals surface area contributed by atoms with Gasteiger partial charge in [0.05, 0.1) is 5.73 Å². The summed E-state index contributed by atoms with van der Waals surface area (Å²) in [5.41, 5.74) is 0.334. The minimum absolute atomic E-state index is 0.334. The summed E-state index contributed by atoms with van der Waals surface area (Å²) in [7, 11) is 4.45. The van der Waals surface area contributed by atoms with Gasteiger partial charge in [-0.05, 0) is 24.9 Å². The first-order chi connectivity index (χ1) is 9.12. The molecule has 1 rings (SSSR count). The van der Waals surface area contributed by atoms with Crippen LogP contribution in [-0.2, 0) is 22.4 Å². The Balaban J connectivity index is 2.54. The van der Waals surface area contributed by atoms with E-state index in [0.29, 0.717) is 5.73 Å². The summed E-state index contributed by atoms with van der Waals surface area (Å²) >= 11 is 0. The van der Waals surface area contributed by atoms with Gasteiger partial charge in [0.15, 0.2) is 0 Å². The highest BCUT2D eigenvalue weighted by molar-refractivity contribution is 6.75. The van der Waals surface area contributed by atoms with Crippen LogP contribution >= 0.6 is 0 Å². The van der Waals surface area contributed by atoms with Crippen molar-refractivity contribution in [3.8, 4) is 0 Å². The number of hydrogen-bond donors (Lipinski definition) is 0. The van der Waals surface area contributed by atoms with Gasteiger partial charge in [0.2, 0.25) is 8.32 Å². The van der Waals surface area contributed by atoms with Gasteiger partial charge in [-0.2, -0.15) is 0 Å². The first kappa shape index (κ1) is 17.3. The second-order valence-corrected chi connectivity index (χ2v) is 12.3. The normalized spacial score (nSPS) is 27.9. The van der Waals surface area contributed by atoms with Crippen LogP contribution in [0.5, 0.6) is 0 Å². The van der Waals surface area contributed by atoms with Gasteiger partial charge in [-0.15, -0.1) is 0 Å². The average Bonchev–Trinajstić information content (AvgIpc) is 2.87. The maximum absolute atomic E-state index is 5.92. The van der Waals surface area contributed by atoms with Gasteiger partial charge in [0, 0.05) is 41.6 Å². The molecular formula is C12H28O5Si2. The van der Waals surface area contributed by atoms with Crippen LogP contribution < -0.4 is 0 Å². The number of methoxy groups -OCH3 is 1. The predicted molar refractivity (Wildman–Crippen MR) is 78.6 cm³/mol. The summed E-state index contributed by atoms with van der Waals surface area (Å²) in [6, 6.07) is 3.13. The molecule has 0 aromatic heterocycles. The summed E-state index contributed by atoms with van der Waals surface area (Å²) in [6.07, 6.45) is 3.37. The Morgan fingerprint density at radius 1 is 1.05 bits per heavy atom. The van der Waals surface area contributed by atoms with E-state index in [-0.39, 0.29) is 0 Å². The van der Waals surface area contributed by atoms with E-state index >= 15 is 0 Å². The third-order valence-electron chi connectivity index (χ3n) is 4.36. The van der Waals surface area contributed by atoms with Crippen molar-refractivity contribution in [2.45, 2.75) is 43.1 Å². The fourth-order valence-corrected chi connectivity index (χ4v) is 9.50. The first-order valence-corrected chi connectivity index (χ1v) is 11.2. The van der Waals surface area contributed by atoms with E-state index < -0.39 is 17.1 Å². The molecule has 0 N–H and O–H groups in total. The Morgan fingerprint density at radius 3 is 2.16 bits per heavy atom. The molecule has 0 aromatic carbocycles. The van der Waals surface area contributed by atoms with Gasteiger partial charge in [-0.1, -0.05) is 6.42 Å². The molecule has 2 unspecified atom stereocenters. The molecule has 0 spiro atoms. The lowest BCUT2D eigenvalue weighted by atomic mass is 10.4. The number of rotatable bonds is 9. The smallest absolute Gasteiger partial charge is 0.417 e. The van der Waals surface area contributed by atoms with E-state index in [0.717, 1.165) is 24.9 Å². The third kappa shape index (κ3) is 3.87. The van der Waals surface area contributed by atoms with E-state index in [1.807, 2.05) is 7.11 Å². The molecule has 0 radical (unpaired) electrons. The quantitative estimate of drug-likeness (QED) is 0.611. The Bertz CT molecular complexity index is 254. The fraction of sp³-hybridized carbons (Fsp3) is 1.00. The van der Waals surface area contributed by atoms with Crippen LogP contribution in [0, 0.1) is 0 Å². The molecule has 0 saturated carbocycles. The molecule has 1 heterocycles. The van der Waals surface area contributed by atoms with Crippen molar-refractivity contribution in [1.82, 2.24) is 0 Å². The minimum atomic E-state index is -2.44. The average molecular weight is 309 g/mol. The van der Waals surface area contributed by atoms with Gasteiger partial charge >= 0.3 is 8.80 Å². The van der Waals surface area contributed by atoms with Gasteiger partial charge in [-0.25, -0.2) is 0 Å². The zero-order valence-electron chi connectivity index (χ0n) is 12.9. The third-order valence-corrected chi connectivity index (χ3v) is 12.1. The molecule has 1 aliphatic heterocycles. The van der Waals surface area contributed by atoms with Crippen LogP contribution in [-0.4, -0.2) is 58.4 Å². The monoisotopic (exact) mass is 308 g/mol. The first-order valence-electron chi connectivity index (χ1n) is 6.85. The van der Waals surface area contributed by atoms with Crippen molar-refractivity contribution in [3.63, 3.8) is 0 Å². The molecule has 0 aliphatic carbocycles. The minimum Gasteiger partial charge on any atom is -0.417 e. The summed E-state index contributed by atoms with van der Waals surface area (Å²) in [5, 5.41) is 0. The molecule has 1 aliphatic rings. The topological polar surface area (TPSA) is 46.2 Å². The van der Waals surface area contributed by atoms with Crippen LogP contribution in [0.2, 0.25) is 18.1 Å². The lowest BCUT2D eigenvalue weighted by Gasteiger charge is -2.32. The standard InChI is InChI=1S/C12H28O5Si2/c1-13-12-8-6-9-18(12,14-2)10-7-11-19(15-3,16-4)17-5/h12H,6-11H2,1-5H3. The molecule has 0 bridgehead atoms. The zero-order valence-corrected chi connectivity index (χ0v) is 14.9. The van der Waals surface area contributed by atoms with E-state index in [1.165, 1.54) is 12.5 Å². The second kappa shape index (κ2) is 7.87. The summed E-state index contributed by atoms with van der Waals surface area (Å²) < 4.78 is 27.9. The van der Waals surface area contributed by atoms with Crippen LogP contribution in [0.3, 0.4) is 0 Å². The Hall–Kier alpha value is 0.234. The molecule has 5 nitrogen and oxygen atoms in total. The molecule has 0 amide bonds. The SMILES string of the molecule is COC1CCC[Si]1(CCC[Si](OC)(OC)OC)OC. The second-order valence-electron chi connectivity index (χ2n) is 5.03. The largest absolute Gasteiger partial charge is 0.500 e. The van der Waals surface area contributed by atoms with Crippen LogP contribution in [0.1, 0.15) is 19.3 Å².